The molecule has 3 rings (SSSR count). The number of benzene rings is 2. The van der Waals surface area contributed by atoms with Crippen molar-refractivity contribution in [2.75, 3.05) is 18.1 Å². The fourth-order valence-electron chi connectivity index (χ4n) is 2.34. The van der Waals surface area contributed by atoms with E-state index in [-0.39, 0.29) is 6.61 Å². The summed E-state index contributed by atoms with van der Waals surface area (Å²) in [6.07, 6.45) is 0. The van der Waals surface area contributed by atoms with Crippen molar-refractivity contribution in [3.63, 3.8) is 0 Å². The standard InChI is InChI=1S/C18H16N4O2/c19-12-14-6-8-15(9-7-14)18-21-20-17(24-18)13-22(10-11-23)16-4-2-1-3-5-16/h1-9,23H,10-11,13H2. The number of hydrogen-bond donors (Lipinski definition) is 1. The maximum atomic E-state index is 9.27. The van der Waals surface area contributed by atoms with Crippen molar-refractivity contribution in [1.29, 1.82) is 5.26 Å². The molecule has 3 aromatic rings. The van der Waals surface area contributed by atoms with E-state index in [1.807, 2.05) is 35.2 Å². The van der Waals surface area contributed by atoms with Crippen molar-refractivity contribution in [1.82, 2.24) is 10.2 Å². The van der Waals surface area contributed by atoms with E-state index in [0.29, 0.717) is 30.4 Å². The molecule has 0 bridgehead atoms. The highest BCUT2D eigenvalue weighted by molar-refractivity contribution is 5.54. The van der Waals surface area contributed by atoms with Gasteiger partial charge in [-0.1, -0.05) is 18.2 Å². The highest BCUT2D eigenvalue weighted by atomic mass is 16.4. The van der Waals surface area contributed by atoms with Gasteiger partial charge >= 0.3 is 0 Å². The van der Waals surface area contributed by atoms with Crippen LogP contribution in [0.15, 0.2) is 59.0 Å². The van der Waals surface area contributed by atoms with E-state index in [1.54, 1.807) is 24.3 Å². The van der Waals surface area contributed by atoms with Crippen LogP contribution in [0, 0.1) is 11.3 Å². The first-order chi connectivity index (χ1) is 11.8. The van der Waals surface area contributed by atoms with Crippen LogP contribution < -0.4 is 4.90 Å². The minimum absolute atomic E-state index is 0.0332. The zero-order valence-corrected chi connectivity index (χ0v) is 13.0. The monoisotopic (exact) mass is 320 g/mol. The predicted octanol–water partition coefficient (Wildman–Crippen LogP) is 2.61. The number of para-hydroxylation sites is 1. The third kappa shape index (κ3) is 3.59. The van der Waals surface area contributed by atoms with Gasteiger partial charge < -0.3 is 14.4 Å². The number of hydrogen-bond acceptors (Lipinski definition) is 6. The summed E-state index contributed by atoms with van der Waals surface area (Å²) in [6.45, 7) is 0.915. The van der Waals surface area contributed by atoms with Crippen LogP contribution >= 0.6 is 0 Å². The predicted molar refractivity (Wildman–Crippen MR) is 89.0 cm³/mol. The molecule has 0 aliphatic heterocycles. The molecule has 24 heavy (non-hydrogen) atoms. The van der Waals surface area contributed by atoms with Gasteiger partial charge in [0.1, 0.15) is 0 Å². The van der Waals surface area contributed by atoms with Gasteiger partial charge in [-0.05, 0) is 36.4 Å². The van der Waals surface area contributed by atoms with Gasteiger partial charge in [-0.25, -0.2) is 0 Å². The molecule has 6 heteroatoms. The minimum Gasteiger partial charge on any atom is -0.419 e. The quantitative estimate of drug-likeness (QED) is 0.751. The second-order valence-corrected chi connectivity index (χ2v) is 5.17. The van der Waals surface area contributed by atoms with Gasteiger partial charge in [0.05, 0.1) is 24.8 Å². The summed E-state index contributed by atoms with van der Waals surface area (Å²) in [5, 5.41) is 26.2. The first kappa shape index (κ1) is 15.7. The molecule has 1 aromatic heterocycles. The lowest BCUT2D eigenvalue weighted by Gasteiger charge is -2.21. The van der Waals surface area contributed by atoms with E-state index in [0.717, 1.165) is 11.3 Å². The Hall–Kier alpha value is -3.17. The Morgan fingerprint density at radius 3 is 2.46 bits per heavy atom. The number of aliphatic hydroxyl groups excluding tert-OH is 1. The number of aromatic nitrogens is 2. The minimum atomic E-state index is 0.0332. The molecular formula is C18H16N4O2. The zero-order valence-electron chi connectivity index (χ0n) is 13.0. The summed E-state index contributed by atoms with van der Waals surface area (Å²) >= 11 is 0. The van der Waals surface area contributed by atoms with Crippen LogP contribution in [0.2, 0.25) is 0 Å². The fraction of sp³-hybridized carbons (Fsp3) is 0.167. The topological polar surface area (TPSA) is 86.2 Å². The van der Waals surface area contributed by atoms with Gasteiger partial charge in [0.25, 0.3) is 0 Å². The van der Waals surface area contributed by atoms with Crippen LogP contribution in [0.25, 0.3) is 11.5 Å². The summed E-state index contributed by atoms with van der Waals surface area (Å²) in [5.41, 5.74) is 2.32. The van der Waals surface area contributed by atoms with E-state index >= 15 is 0 Å². The Morgan fingerprint density at radius 1 is 1.04 bits per heavy atom. The average molecular weight is 320 g/mol. The van der Waals surface area contributed by atoms with Crippen molar-refractivity contribution in [3.05, 3.63) is 66.1 Å². The molecule has 0 unspecified atom stereocenters. The van der Waals surface area contributed by atoms with E-state index < -0.39 is 0 Å². The number of rotatable bonds is 6. The maximum absolute atomic E-state index is 9.27. The van der Waals surface area contributed by atoms with Crippen LogP contribution in [0.5, 0.6) is 0 Å². The molecule has 0 saturated heterocycles. The number of anilines is 1. The Kier molecular flexibility index (Phi) is 4.84. The van der Waals surface area contributed by atoms with E-state index in [1.165, 1.54) is 0 Å². The van der Waals surface area contributed by atoms with Crippen molar-refractivity contribution in [2.24, 2.45) is 0 Å². The molecule has 0 atom stereocenters. The third-order valence-corrected chi connectivity index (χ3v) is 3.55. The molecule has 6 nitrogen and oxygen atoms in total. The van der Waals surface area contributed by atoms with Crippen LogP contribution in [0.4, 0.5) is 5.69 Å². The van der Waals surface area contributed by atoms with Gasteiger partial charge in [0.2, 0.25) is 11.8 Å². The molecule has 120 valence electrons. The third-order valence-electron chi connectivity index (χ3n) is 3.55. The molecule has 0 aliphatic carbocycles. The van der Waals surface area contributed by atoms with Crippen molar-refractivity contribution in [3.8, 4) is 17.5 Å². The molecule has 0 fully saturated rings. The number of aliphatic hydroxyl groups is 1. The van der Waals surface area contributed by atoms with Crippen molar-refractivity contribution >= 4 is 5.69 Å². The molecule has 0 aliphatic rings. The summed E-state index contributed by atoms with van der Waals surface area (Å²) in [6, 6.07) is 18.8. The Balaban J connectivity index is 1.77. The molecule has 0 radical (unpaired) electrons. The lowest BCUT2D eigenvalue weighted by molar-refractivity contribution is 0.300. The number of nitriles is 1. The first-order valence-corrected chi connectivity index (χ1v) is 7.54. The second-order valence-electron chi connectivity index (χ2n) is 5.17. The Bertz CT molecular complexity index is 822. The molecule has 0 spiro atoms. The van der Waals surface area contributed by atoms with E-state index in [4.69, 9.17) is 9.68 Å². The van der Waals surface area contributed by atoms with E-state index in [9.17, 15) is 5.11 Å². The average Bonchev–Trinajstić information content (AvgIpc) is 3.11. The lowest BCUT2D eigenvalue weighted by Crippen LogP contribution is -2.26. The van der Waals surface area contributed by atoms with Gasteiger partial charge in [0.15, 0.2) is 0 Å². The summed E-state index contributed by atoms with van der Waals surface area (Å²) in [4.78, 5) is 1.97. The van der Waals surface area contributed by atoms with Crippen LogP contribution in [0.1, 0.15) is 11.5 Å². The normalized spacial score (nSPS) is 10.3. The highest BCUT2D eigenvalue weighted by Crippen LogP contribution is 2.21. The van der Waals surface area contributed by atoms with E-state index in [2.05, 4.69) is 16.3 Å². The van der Waals surface area contributed by atoms with Crippen molar-refractivity contribution < 1.29 is 9.52 Å². The van der Waals surface area contributed by atoms with Crippen LogP contribution in [-0.2, 0) is 6.54 Å². The second kappa shape index (κ2) is 7.40. The Morgan fingerprint density at radius 2 is 1.79 bits per heavy atom. The van der Waals surface area contributed by atoms with Gasteiger partial charge in [-0.2, -0.15) is 5.26 Å². The van der Waals surface area contributed by atoms with Crippen LogP contribution in [-0.4, -0.2) is 28.5 Å². The molecular weight excluding hydrogens is 304 g/mol. The fourth-order valence-corrected chi connectivity index (χ4v) is 2.34. The number of nitrogens with zero attached hydrogens (tertiary/aromatic N) is 4. The maximum Gasteiger partial charge on any atom is 0.247 e. The SMILES string of the molecule is N#Cc1ccc(-c2nnc(CN(CCO)c3ccccc3)o2)cc1. The molecule has 1 heterocycles. The Labute approximate surface area is 139 Å². The van der Waals surface area contributed by atoms with Gasteiger partial charge in [0, 0.05) is 17.8 Å². The highest BCUT2D eigenvalue weighted by Gasteiger charge is 2.13. The molecule has 0 amide bonds. The first-order valence-electron chi connectivity index (χ1n) is 7.54. The molecule has 0 saturated carbocycles. The lowest BCUT2D eigenvalue weighted by atomic mass is 10.1. The van der Waals surface area contributed by atoms with Gasteiger partial charge in [-0.15, -0.1) is 10.2 Å². The van der Waals surface area contributed by atoms with Crippen LogP contribution in [0.3, 0.4) is 0 Å². The molecule has 2 aromatic carbocycles. The van der Waals surface area contributed by atoms with Gasteiger partial charge in [-0.3, -0.25) is 0 Å². The summed E-state index contributed by atoms with van der Waals surface area (Å²) in [5.74, 6) is 0.873. The zero-order chi connectivity index (χ0) is 16.8. The summed E-state index contributed by atoms with van der Waals surface area (Å²) < 4.78 is 5.71. The smallest absolute Gasteiger partial charge is 0.247 e. The largest absolute Gasteiger partial charge is 0.419 e. The van der Waals surface area contributed by atoms with Crippen molar-refractivity contribution in [2.45, 2.75) is 6.54 Å². The molecule has 1 N–H and O–H groups in total. The summed E-state index contributed by atoms with van der Waals surface area (Å²) in [7, 11) is 0.